The second-order valence-electron chi connectivity index (χ2n) is 5.70. The zero-order valence-electron chi connectivity index (χ0n) is 10.9. The van der Waals surface area contributed by atoms with Crippen molar-refractivity contribution in [3.8, 4) is 0 Å². The molecule has 3 heteroatoms. The molecule has 0 spiro atoms. The molecule has 3 nitrogen and oxygen atoms in total. The summed E-state index contributed by atoms with van der Waals surface area (Å²) in [5.41, 5.74) is 0. The SMILES string of the molecule is COC(=O)C[C@H]1CNC[C@@H](C2CCCCC2)C1. The number of hydrogen-bond donors (Lipinski definition) is 1. The normalized spacial score (nSPS) is 31.1. The number of ether oxygens (including phenoxy) is 1. The average Bonchev–Trinajstić information content (AvgIpc) is 2.40. The summed E-state index contributed by atoms with van der Waals surface area (Å²) in [5, 5.41) is 3.50. The lowest BCUT2D eigenvalue weighted by Gasteiger charge is -2.36. The highest BCUT2D eigenvalue weighted by atomic mass is 16.5. The molecule has 0 aromatic carbocycles. The van der Waals surface area contributed by atoms with Crippen LogP contribution in [-0.4, -0.2) is 26.2 Å². The number of carbonyl (C=O) groups is 1. The van der Waals surface area contributed by atoms with Crippen LogP contribution in [0.3, 0.4) is 0 Å². The summed E-state index contributed by atoms with van der Waals surface area (Å²) < 4.78 is 4.77. The molecule has 1 aliphatic heterocycles. The van der Waals surface area contributed by atoms with Crippen LogP contribution in [0.4, 0.5) is 0 Å². The van der Waals surface area contributed by atoms with Gasteiger partial charge in [-0.3, -0.25) is 4.79 Å². The Labute approximate surface area is 104 Å². The Balaban J connectivity index is 1.81. The van der Waals surface area contributed by atoms with E-state index in [9.17, 15) is 4.79 Å². The van der Waals surface area contributed by atoms with Gasteiger partial charge >= 0.3 is 5.97 Å². The monoisotopic (exact) mass is 239 g/mol. The first kappa shape index (κ1) is 12.9. The molecule has 98 valence electrons. The van der Waals surface area contributed by atoms with E-state index in [1.54, 1.807) is 0 Å². The maximum Gasteiger partial charge on any atom is 0.305 e. The van der Waals surface area contributed by atoms with Gasteiger partial charge in [0.05, 0.1) is 7.11 Å². The van der Waals surface area contributed by atoms with Crippen LogP contribution in [0.15, 0.2) is 0 Å². The lowest BCUT2D eigenvalue weighted by atomic mass is 9.74. The third-order valence-electron chi connectivity index (χ3n) is 4.48. The molecule has 1 aliphatic carbocycles. The third kappa shape index (κ3) is 3.70. The van der Waals surface area contributed by atoms with Crippen LogP contribution in [-0.2, 0) is 9.53 Å². The van der Waals surface area contributed by atoms with Crippen molar-refractivity contribution in [1.29, 1.82) is 0 Å². The molecule has 2 rings (SSSR count). The third-order valence-corrected chi connectivity index (χ3v) is 4.48. The average molecular weight is 239 g/mol. The fourth-order valence-electron chi connectivity index (χ4n) is 3.51. The summed E-state index contributed by atoms with van der Waals surface area (Å²) in [6.07, 6.45) is 8.84. The minimum absolute atomic E-state index is 0.0545. The standard InChI is InChI=1S/C14H25NO2/c1-17-14(16)8-11-7-13(10-15-9-11)12-5-3-2-4-6-12/h11-13,15H,2-10H2,1H3/t11-,13-/m0/s1. The number of rotatable bonds is 3. The lowest BCUT2D eigenvalue weighted by Crippen LogP contribution is -2.40. The van der Waals surface area contributed by atoms with Crippen LogP contribution in [0.1, 0.15) is 44.9 Å². The van der Waals surface area contributed by atoms with Gasteiger partial charge in [0.1, 0.15) is 0 Å². The van der Waals surface area contributed by atoms with Gasteiger partial charge < -0.3 is 10.1 Å². The zero-order chi connectivity index (χ0) is 12.1. The van der Waals surface area contributed by atoms with E-state index in [0.717, 1.165) is 24.9 Å². The number of methoxy groups -OCH3 is 1. The predicted octanol–water partition coefficient (Wildman–Crippen LogP) is 2.36. The number of nitrogens with one attached hydrogen (secondary N) is 1. The van der Waals surface area contributed by atoms with Crippen LogP contribution < -0.4 is 5.32 Å². The van der Waals surface area contributed by atoms with E-state index in [-0.39, 0.29) is 5.97 Å². The second-order valence-corrected chi connectivity index (χ2v) is 5.70. The molecule has 2 aliphatic rings. The molecule has 2 atom stereocenters. The van der Waals surface area contributed by atoms with Gasteiger partial charge in [0.15, 0.2) is 0 Å². The van der Waals surface area contributed by atoms with Crippen molar-refractivity contribution in [3.05, 3.63) is 0 Å². The van der Waals surface area contributed by atoms with Gasteiger partial charge in [0.2, 0.25) is 0 Å². The van der Waals surface area contributed by atoms with E-state index in [1.807, 2.05) is 0 Å². The number of hydrogen-bond acceptors (Lipinski definition) is 3. The van der Waals surface area contributed by atoms with E-state index in [2.05, 4.69) is 5.32 Å². The molecule has 0 amide bonds. The molecule has 0 unspecified atom stereocenters. The Kier molecular flexibility index (Phi) is 4.84. The first-order chi connectivity index (χ1) is 8.29. The van der Waals surface area contributed by atoms with Gasteiger partial charge in [-0.05, 0) is 37.3 Å². The quantitative estimate of drug-likeness (QED) is 0.768. The maximum atomic E-state index is 11.3. The fraction of sp³-hybridized carbons (Fsp3) is 0.929. The first-order valence-electron chi connectivity index (χ1n) is 7.07. The molecule has 1 saturated carbocycles. The summed E-state index contributed by atoms with van der Waals surface area (Å²) in [4.78, 5) is 11.3. The Morgan fingerprint density at radius 3 is 2.65 bits per heavy atom. The van der Waals surface area contributed by atoms with E-state index in [0.29, 0.717) is 12.3 Å². The van der Waals surface area contributed by atoms with Gasteiger partial charge in [-0.2, -0.15) is 0 Å². The van der Waals surface area contributed by atoms with Gasteiger partial charge in [0.25, 0.3) is 0 Å². The Morgan fingerprint density at radius 1 is 1.18 bits per heavy atom. The smallest absolute Gasteiger partial charge is 0.305 e. The summed E-state index contributed by atoms with van der Waals surface area (Å²) in [5.74, 6) is 2.12. The topological polar surface area (TPSA) is 38.3 Å². The van der Waals surface area contributed by atoms with Crippen molar-refractivity contribution in [2.45, 2.75) is 44.9 Å². The zero-order valence-corrected chi connectivity index (χ0v) is 10.9. The lowest BCUT2D eigenvalue weighted by molar-refractivity contribution is -0.142. The highest BCUT2D eigenvalue weighted by Crippen LogP contribution is 2.35. The van der Waals surface area contributed by atoms with Crippen molar-refractivity contribution in [2.24, 2.45) is 17.8 Å². The Hall–Kier alpha value is -0.570. The molecule has 0 aromatic rings. The highest BCUT2D eigenvalue weighted by Gasteiger charge is 2.30. The van der Waals surface area contributed by atoms with Crippen molar-refractivity contribution < 1.29 is 9.53 Å². The van der Waals surface area contributed by atoms with Gasteiger partial charge in [-0.1, -0.05) is 32.1 Å². The first-order valence-corrected chi connectivity index (χ1v) is 7.07. The molecule has 0 aromatic heterocycles. The van der Waals surface area contributed by atoms with Crippen molar-refractivity contribution in [1.82, 2.24) is 5.32 Å². The number of carbonyl (C=O) groups excluding carboxylic acids is 1. The summed E-state index contributed by atoms with van der Waals surface area (Å²) in [7, 11) is 1.48. The van der Waals surface area contributed by atoms with Crippen LogP contribution >= 0.6 is 0 Å². The van der Waals surface area contributed by atoms with Crippen molar-refractivity contribution in [2.75, 3.05) is 20.2 Å². The van der Waals surface area contributed by atoms with E-state index < -0.39 is 0 Å². The Morgan fingerprint density at radius 2 is 1.94 bits per heavy atom. The largest absolute Gasteiger partial charge is 0.469 e. The highest BCUT2D eigenvalue weighted by molar-refractivity contribution is 5.69. The molecule has 0 bridgehead atoms. The summed E-state index contributed by atoms with van der Waals surface area (Å²) >= 11 is 0. The number of piperidine rings is 1. The molecule has 1 N–H and O–H groups in total. The van der Waals surface area contributed by atoms with Gasteiger partial charge in [-0.25, -0.2) is 0 Å². The summed E-state index contributed by atoms with van der Waals surface area (Å²) in [6, 6.07) is 0. The van der Waals surface area contributed by atoms with E-state index >= 15 is 0 Å². The van der Waals surface area contributed by atoms with Crippen LogP contribution in [0.2, 0.25) is 0 Å². The molecular formula is C14H25NO2. The van der Waals surface area contributed by atoms with Crippen LogP contribution in [0.5, 0.6) is 0 Å². The molecule has 17 heavy (non-hydrogen) atoms. The fourth-order valence-corrected chi connectivity index (χ4v) is 3.51. The summed E-state index contributed by atoms with van der Waals surface area (Å²) in [6.45, 7) is 2.14. The molecule has 1 saturated heterocycles. The molecular weight excluding hydrogens is 214 g/mol. The van der Waals surface area contributed by atoms with Crippen LogP contribution in [0.25, 0.3) is 0 Å². The van der Waals surface area contributed by atoms with Gasteiger partial charge in [-0.15, -0.1) is 0 Å². The van der Waals surface area contributed by atoms with Crippen molar-refractivity contribution in [3.63, 3.8) is 0 Å². The maximum absolute atomic E-state index is 11.3. The minimum Gasteiger partial charge on any atom is -0.469 e. The van der Waals surface area contributed by atoms with E-state index in [4.69, 9.17) is 4.74 Å². The second kappa shape index (κ2) is 6.39. The Bertz CT molecular complexity index is 249. The van der Waals surface area contributed by atoms with E-state index in [1.165, 1.54) is 45.6 Å². The van der Waals surface area contributed by atoms with Gasteiger partial charge in [0, 0.05) is 6.42 Å². The molecule has 1 heterocycles. The minimum atomic E-state index is -0.0545. The molecule has 2 fully saturated rings. The number of esters is 1. The van der Waals surface area contributed by atoms with Crippen molar-refractivity contribution >= 4 is 5.97 Å². The predicted molar refractivity (Wildman–Crippen MR) is 67.7 cm³/mol. The molecule has 0 radical (unpaired) electrons. The van der Waals surface area contributed by atoms with Crippen LogP contribution in [0, 0.1) is 17.8 Å².